The second-order valence-electron chi connectivity index (χ2n) is 8.38. The highest BCUT2D eigenvalue weighted by molar-refractivity contribution is 14.0. The van der Waals surface area contributed by atoms with E-state index in [0.29, 0.717) is 12.0 Å². The summed E-state index contributed by atoms with van der Waals surface area (Å²) in [5, 5.41) is 3.48. The van der Waals surface area contributed by atoms with Crippen LogP contribution in [0.3, 0.4) is 0 Å². The lowest BCUT2D eigenvalue weighted by molar-refractivity contribution is 0.0179. The molecular weight excluding hydrogens is 498 g/mol. The van der Waals surface area contributed by atoms with Crippen LogP contribution in [0.15, 0.2) is 29.3 Å². The third-order valence-corrected chi connectivity index (χ3v) is 6.41. The Morgan fingerprint density at radius 3 is 2.57 bits per heavy atom. The Balaban J connectivity index is 0.00000256. The molecule has 168 valence electrons. The third-order valence-electron chi connectivity index (χ3n) is 6.41. The number of nitrogens with one attached hydrogen (secondary N) is 1. The summed E-state index contributed by atoms with van der Waals surface area (Å²) >= 11 is 0. The number of hydrogen-bond acceptors (Lipinski definition) is 4. The summed E-state index contributed by atoms with van der Waals surface area (Å²) in [6.45, 7) is 10.6. The molecule has 0 aliphatic carbocycles. The Labute approximate surface area is 196 Å². The molecule has 3 aliphatic rings. The van der Waals surface area contributed by atoms with Crippen LogP contribution >= 0.6 is 24.0 Å². The van der Waals surface area contributed by atoms with E-state index in [0.717, 1.165) is 77.1 Å². The van der Waals surface area contributed by atoms with E-state index >= 15 is 0 Å². The van der Waals surface area contributed by atoms with Gasteiger partial charge in [0.2, 0.25) is 0 Å². The minimum atomic E-state index is -0.201. The van der Waals surface area contributed by atoms with Gasteiger partial charge in [-0.3, -0.25) is 9.89 Å². The predicted octanol–water partition coefficient (Wildman–Crippen LogP) is 2.89. The van der Waals surface area contributed by atoms with Crippen LogP contribution in [0.1, 0.15) is 31.4 Å². The van der Waals surface area contributed by atoms with Crippen molar-refractivity contribution in [3.05, 3.63) is 35.6 Å². The van der Waals surface area contributed by atoms with Gasteiger partial charge < -0.3 is 19.7 Å². The fourth-order valence-corrected chi connectivity index (χ4v) is 4.69. The number of aliphatic imine (C=N–C) groups is 1. The second kappa shape index (κ2) is 11.1. The zero-order chi connectivity index (χ0) is 20.1. The molecule has 6 nitrogen and oxygen atoms in total. The van der Waals surface area contributed by atoms with Crippen molar-refractivity contribution in [2.45, 2.75) is 25.8 Å². The van der Waals surface area contributed by atoms with Crippen molar-refractivity contribution in [2.24, 2.45) is 10.4 Å². The maximum absolute atomic E-state index is 13.5. The van der Waals surface area contributed by atoms with Crippen LogP contribution in [0.2, 0.25) is 0 Å². The first-order valence-electron chi connectivity index (χ1n) is 10.9. The molecule has 0 aromatic heterocycles. The van der Waals surface area contributed by atoms with Gasteiger partial charge in [0, 0.05) is 44.7 Å². The zero-order valence-electron chi connectivity index (χ0n) is 17.8. The lowest BCUT2D eigenvalue weighted by Crippen LogP contribution is -2.43. The number of benzene rings is 1. The quantitative estimate of drug-likeness (QED) is 0.359. The minimum absolute atomic E-state index is 0. The standard InChI is InChI=1S/C22H33FN4O2.HI/c1-2-24-21(27-9-7-22(16-27)8-12-29-17-22)25-15-20(26-10-13-28-14-11-26)18-3-5-19(23)6-4-18;/h3-6,20H,2,7-17H2,1H3,(H,24,25);1H. The lowest BCUT2D eigenvalue weighted by Gasteiger charge is -2.34. The summed E-state index contributed by atoms with van der Waals surface area (Å²) in [5.74, 6) is 0.782. The maximum atomic E-state index is 13.5. The minimum Gasteiger partial charge on any atom is -0.381 e. The van der Waals surface area contributed by atoms with Gasteiger partial charge in [-0.05, 0) is 37.5 Å². The van der Waals surface area contributed by atoms with Crippen molar-refractivity contribution < 1.29 is 13.9 Å². The van der Waals surface area contributed by atoms with Crippen LogP contribution < -0.4 is 5.32 Å². The molecule has 1 aromatic carbocycles. The summed E-state index contributed by atoms with van der Waals surface area (Å²) in [4.78, 5) is 9.83. The fourth-order valence-electron chi connectivity index (χ4n) is 4.69. The molecule has 3 aliphatic heterocycles. The Hall–Kier alpha value is -0.970. The van der Waals surface area contributed by atoms with Crippen LogP contribution in [-0.2, 0) is 9.47 Å². The first kappa shape index (κ1) is 23.7. The average molecular weight is 532 g/mol. The molecule has 1 spiro atoms. The van der Waals surface area contributed by atoms with Gasteiger partial charge in [0.1, 0.15) is 5.82 Å². The summed E-state index contributed by atoms with van der Waals surface area (Å²) < 4.78 is 24.7. The van der Waals surface area contributed by atoms with E-state index in [1.165, 1.54) is 6.42 Å². The Morgan fingerprint density at radius 1 is 1.13 bits per heavy atom. The normalized spacial score (nSPS) is 26.1. The van der Waals surface area contributed by atoms with Crippen molar-refractivity contribution in [2.75, 3.05) is 65.7 Å². The first-order valence-corrected chi connectivity index (χ1v) is 10.9. The lowest BCUT2D eigenvalue weighted by atomic mass is 9.87. The number of halogens is 2. The Bertz CT molecular complexity index is 691. The van der Waals surface area contributed by atoms with Crippen LogP contribution in [0, 0.1) is 11.2 Å². The number of hydrogen-bond donors (Lipinski definition) is 1. The van der Waals surface area contributed by atoms with Gasteiger partial charge in [0.15, 0.2) is 5.96 Å². The van der Waals surface area contributed by atoms with E-state index in [-0.39, 0.29) is 35.8 Å². The highest BCUT2D eigenvalue weighted by atomic mass is 127. The second-order valence-corrected chi connectivity index (χ2v) is 8.38. The molecule has 0 saturated carbocycles. The molecule has 3 saturated heterocycles. The monoisotopic (exact) mass is 532 g/mol. The third kappa shape index (κ3) is 5.63. The fraction of sp³-hybridized carbons (Fsp3) is 0.682. The van der Waals surface area contributed by atoms with Crippen molar-refractivity contribution in [3.63, 3.8) is 0 Å². The van der Waals surface area contributed by atoms with Crippen LogP contribution in [0.25, 0.3) is 0 Å². The molecule has 8 heteroatoms. The van der Waals surface area contributed by atoms with Crippen LogP contribution in [0.4, 0.5) is 4.39 Å². The Kier molecular flexibility index (Phi) is 8.73. The highest BCUT2D eigenvalue weighted by Crippen LogP contribution is 2.38. The molecule has 3 fully saturated rings. The van der Waals surface area contributed by atoms with Crippen LogP contribution in [0.5, 0.6) is 0 Å². The molecule has 0 bridgehead atoms. The topological polar surface area (TPSA) is 49.3 Å². The molecule has 30 heavy (non-hydrogen) atoms. The van der Waals surface area contributed by atoms with Gasteiger partial charge in [0.05, 0.1) is 32.4 Å². The van der Waals surface area contributed by atoms with E-state index in [1.807, 2.05) is 12.1 Å². The first-order chi connectivity index (χ1) is 14.2. The molecule has 0 radical (unpaired) electrons. The summed E-state index contributed by atoms with van der Waals surface area (Å²) in [6.07, 6.45) is 2.32. The number of ether oxygens (including phenoxy) is 2. The number of likely N-dealkylation sites (tertiary alicyclic amines) is 1. The molecule has 2 atom stereocenters. The van der Waals surface area contributed by atoms with E-state index in [2.05, 4.69) is 22.0 Å². The van der Waals surface area contributed by atoms with Crippen molar-refractivity contribution in [1.82, 2.24) is 15.1 Å². The van der Waals surface area contributed by atoms with Crippen molar-refractivity contribution >= 4 is 29.9 Å². The van der Waals surface area contributed by atoms with Gasteiger partial charge in [0.25, 0.3) is 0 Å². The summed E-state index contributed by atoms with van der Waals surface area (Å²) in [7, 11) is 0. The SMILES string of the molecule is CCNC(=NCC(c1ccc(F)cc1)N1CCOCC1)N1CCC2(CCOC2)C1.I. The van der Waals surface area contributed by atoms with Crippen molar-refractivity contribution in [3.8, 4) is 0 Å². The molecule has 2 unspecified atom stereocenters. The number of rotatable bonds is 5. The van der Waals surface area contributed by atoms with E-state index in [9.17, 15) is 4.39 Å². The largest absolute Gasteiger partial charge is 0.381 e. The predicted molar refractivity (Wildman–Crippen MR) is 127 cm³/mol. The van der Waals surface area contributed by atoms with E-state index < -0.39 is 0 Å². The van der Waals surface area contributed by atoms with E-state index in [4.69, 9.17) is 14.5 Å². The molecule has 1 N–H and O–H groups in total. The number of guanidine groups is 1. The molecule has 4 rings (SSSR count). The van der Waals surface area contributed by atoms with Gasteiger partial charge in [-0.15, -0.1) is 24.0 Å². The molecule has 3 heterocycles. The Morgan fingerprint density at radius 2 is 1.90 bits per heavy atom. The van der Waals surface area contributed by atoms with Gasteiger partial charge in [-0.1, -0.05) is 12.1 Å². The van der Waals surface area contributed by atoms with Gasteiger partial charge in [-0.2, -0.15) is 0 Å². The smallest absolute Gasteiger partial charge is 0.194 e. The summed E-state index contributed by atoms with van der Waals surface area (Å²) in [5.41, 5.74) is 1.41. The molecular formula is C22H34FIN4O2. The zero-order valence-corrected chi connectivity index (χ0v) is 20.1. The van der Waals surface area contributed by atoms with Crippen molar-refractivity contribution in [1.29, 1.82) is 0 Å². The van der Waals surface area contributed by atoms with Gasteiger partial charge in [-0.25, -0.2) is 4.39 Å². The highest BCUT2D eigenvalue weighted by Gasteiger charge is 2.42. The van der Waals surface area contributed by atoms with E-state index in [1.54, 1.807) is 12.1 Å². The van der Waals surface area contributed by atoms with Crippen LogP contribution in [-0.4, -0.2) is 81.5 Å². The number of nitrogens with zero attached hydrogens (tertiary/aromatic N) is 3. The molecule has 0 amide bonds. The van der Waals surface area contributed by atoms with Gasteiger partial charge >= 0.3 is 0 Å². The maximum Gasteiger partial charge on any atom is 0.194 e. The average Bonchev–Trinajstić information content (AvgIpc) is 3.39. The summed E-state index contributed by atoms with van der Waals surface area (Å²) in [6, 6.07) is 6.99. The molecule has 1 aromatic rings. The number of morpholine rings is 1.